The topological polar surface area (TPSA) is 0 Å². The van der Waals surface area contributed by atoms with E-state index in [1.54, 1.807) is 41.5 Å². The van der Waals surface area contributed by atoms with E-state index >= 15 is 0 Å². The largest absolute Gasteiger partial charge is 0.0654 e. The molecule has 0 heteroatoms. The van der Waals surface area contributed by atoms with Crippen LogP contribution in [0, 0.1) is 82.7 Å². The van der Waals surface area contributed by atoms with Crippen LogP contribution in [0.5, 0.6) is 0 Å². The normalized spacial score (nSPS) is 24.5. The maximum Gasteiger partial charge on any atom is 0.0305 e. The molecule has 2 fully saturated rings. The highest BCUT2D eigenvalue weighted by atomic mass is 14.4. The minimum atomic E-state index is -2.92. The Bertz CT molecular complexity index is 1860. The highest BCUT2D eigenvalue weighted by Gasteiger charge is 2.39. The van der Waals surface area contributed by atoms with E-state index in [-0.39, 0.29) is 33.5 Å². The fourth-order valence-corrected chi connectivity index (χ4v) is 7.10. The van der Waals surface area contributed by atoms with Crippen molar-refractivity contribution in [2.75, 3.05) is 0 Å². The zero-order valence-electron chi connectivity index (χ0n) is 77.4. The molecule has 0 nitrogen and oxygen atoms in total. The van der Waals surface area contributed by atoms with Crippen molar-refractivity contribution in [1.82, 2.24) is 0 Å². The molecule has 426 valence electrons. The molecule has 2 aliphatic rings. The lowest BCUT2D eigenvalue weighted by Gasteiger charge is -2.45. The zero-order valence-corrected chi connectivity index (χ0v) is 54.4. The van der Waals surface area contributed by atoms with Crippen molar-refractivity contribution in [1.29, 1.82) is 0 Å². The van der Waals surface area contributed by atoms with Gasteiger partial charge in [-0.25, -0.2) is 0 Å². The van der Waals surface area contributed by atoms with Crippen LogP contribution in [0.1, 0.15) is 397 Å². The van der Waals surface area contributed by atoms with Crippen LogP contribution >= 0.6 is 0 Å². The van der Waals surface area contributed by atoms with Crippen molar-refractivity contribution in [3.63, 3.8) is 0 Å². The molecular weight excluding hydrogens is 829 g/mol. The van der Waals surface area contributed by atoms with E-state index in [0.717, 1.165) is 13.8 Å². The van der Waals surface area contributed by atoms with Crippen LogP contribution in [0.2, 0.25) is 0 Å². The first kappa shape index (κ1) is 43.1. The molecule has 0 aliphatic heterocycles. The van der Waals surface area contributed by atoms with E-state index < -0.39 is 86.3 Å². The lowest BCUT2D eigenvalue weighted by atomic mass is 9.61. The minimum absolute atomic E-state index is 0.0903. The summed E-state index contributed by atoms with van der Waals surface area (Å²) in [6, 6.07) is 0. The van der Waals surface area contributed by atoms with Gasteiger partial charge in [-0.1, -0.05) is 321 Å². The van der Waals surface area contributed by atoms with Gasteiger partial charge < -0.3 is 0 Å². The van der Waals surface area contributed by atoms with Crippen LogP contribution < -0.4 is 0 Å². The quantitative estimate of drug-likeness (QED) is 0.263. The summed E-state index contributed by atoms with van der Waals surface area (Å²) < 4.78 is 174. The molecule has 0 amide bonds. The summed E-state index contributed by atoms with van der Waals surface area (Å²) in [5.74, 6) is -2.33. The smallest absolute Gasteiger partial charge is 0.0305 e. The summed E-state index contributed by atoms with van der Waals surface area (Å²) in [6.45, 7) is 59.8. The summed E-state index contributed by atoms with van der Waals surface area (Å²) in [6.07, 6.45) is 2.84. The highest BCUT2D eigenvalue weighted by molar-refractivity contribution is 4.90. The summed E-state index contributed by atoms with van der Waals surface area (Å²) in [4.78, 5) is 0. The molecule has 0 saturated heterocycles. The molecule has 0 bridgehead atoms. The maximum absolute atomic E-state index is 7.94. The van der Waals surface area contributed by atoms with Crippen LogP contribution in [-0.2, 0) is 0 Å². The Balaban J connectivity index is -0.000000232. The number of rotatable bonds is 4. The monoisotopic (exact) mass is 1000 g/mol. The Hall–Kier alpha value is 0. The third-order valence-corrected chi connectivity index (χ3v) is 13.3. The first-order valence-electron chi connectivity index (χ1n) is 38.6. The van der Waals surface area contributed by atoms with Crippen molar-refractivity contribution >= 4 is 0 Å². The average Bonchev–Trinajstić information content (AvgIpc) is 3.67. The molecule has 69 heavy (non-hydrogen) atoms. The predicted octanol–water partition coefficient (Wildman–Crippen LogP) is 26.2. The van der Waals surface area contributed by atoms with E-state index in [1.807, 2.05) is 90.0 Å². The standard InChI is InChI=1S/C11H22.C10H20.2C9H20.2C8H18.2C7H16/c1-10(2,3)11(4)8-6-5-7-9-11;1-9(2,3)10(4)7-5-6-8-10;1-8(2,3)7-9(4,5)6;1-7-9(5,6)8(2,3)4;1-7(2)6-8(3,4)5;1-6-7(2)8(3,4)5;1-6(2)7(3,4)5;1-5-6-7(2,3)4/h5-9H2,1-4H3;5-8H2,1-4H3;2*7H2,1-6H3;2*7H,6H2,1-5H3;6H,1-5H3;5-6H2,1-4H3/i;;7D2;5D3,6D3,7D2;6D2;2D3,6D2,7D;6D;5D2,6D2. The van der Waals surface area contributed by atoms with E-state index in [2.05, 4.69) is 76.2 Å². The Kier molecular flexibility index (Phi) is 20.7. The van der Waals surface area contributed by atoms with Crippen molar-refractivity contribution in [2.24, 2.45) is 82.7 Å². The van der Waals surface area contributed by atoms with E-state index in [1.165, 1.54) is 85.5 Å². The Morgan fingerprint density at radius 2 is 0.797 bits per heavy atom. The van der Waals surface area contributed by atoms with Gasteiger partial charge in [-0.05, 0) is 127 Å². The number of hydrogen-bond acceptors (Lipinski definition) is 0. The molecule has 2 aliphatic carbocycles. The first-order valence-corrected chi connectivity index (χ1v) is 27.1. The van der Waals surface area contributed by atoms with E-state index in [9.17, 15) is 0 Å². The molecule has 0 aromatic rings. The van der Waals surface area contributed by atoms with Gasteiger partial charge in [-0.3, -0.25) is 0 Å². The molecule has 2 saturated carbocycles. The van der Waals surface area contributed by atoms with Crippen molar-refractivity contribution in [3.8, 4) is 0 Å². The predicted molar refractivity (Wildman–Crippen MR) is 330 cm³/mol. The minimum Gasteiger partial charge on any atom is -0.0654 e. The van der Waals surface area contributed by atoms with Crippen LogP contribution in [0.15, 0.2) is 0 Å². The summed E-state index contributed by atoms with van der Waals surface area (Å²) in [5.41, 5.74) is -3.71. The second kappa shape index (κ2) is 33.1. The molecular formula is C69H150. The summed E-state index contributed by atoms with van der Waals surface area (Å²) in [7, 11) is 0. The zero-order chi connectivity index (χ0) is 77.4. The van der Waals surface area contributed by atoms with Crippen LogP contribution in [0.3, 0.4) is 0 Å². The van der Waals surface area contributed by atoms with Crippen molar-refractivity contribution < 1.29 is 31.5 Å². The van der Waals surface area contributed by atoms with Gasteiger partial charge in [0.05, 0.1) is 0 Å². The van der Waals surface area contributed by atoms with Gasteiger partial charge in [0.1, 0.15) is 0 Å². The average molecular weight is 1000 g/mol. The van der Waals surface area contributed by atoms with Gasteiger partial charge in [0.2, 0.25) is 0 Å². The van der Waals surface area contributed by atoms with Crippen molar-refractivity contribution in [3.05, 3.63) is 0 Å². The lowest BCUT2D eigenvalue weighted by molar-refractivity contribution is 0.0601. The Morgan fingerprint density at radius 3 is 0.855 bits per heavy atom. The van der Waals surface area contributed by atoms with E-state index in [4.69, 9.17) is 31.5 Å². The SMILES string of the molecule is CC(C)(C)C1(C)CCCC1.CC(C)(C)C1(C)CCCCC1.[2H]C(C)(C)C(C)(C)C.[2H]C([2H])(C(C)(C)C)C(C)(C)C.[2H]C([2H])(C(C)C)C(C)(C)C.[2H]C([2H])(C)C([2H])([2H])C(C)(C)C.[2H]C([2H])([2H])C(C([2H])([2H])[2H])(C([2H])([2H])C)C(C)(C)C.[2H]C([2H])([2H])C([2H])(C([2H])([2H])C)C(C)(C)C. The van der Waals surface area contributed by atoms with Crippen LogP contribution in [0.25, 0.3) is 0 Å². The van der Waals surface area contributed by atoms with Crippen LogP contribution in [-0.4, -0.2) is 0 Å². The third kappa shape index (κ3) is 48.7. The van der Waals surface area contributed by atoms with Crippen molar-refractivity contribution in [2.45, 2.75) is 366 Å². The Morgan fingerprint density at radius 1 is 0.478 bits per heavy atom. The lowest BCUT2D eigenvalue weighted by Crippen LogP contribution is -2.34. The molecule has 2 rings (SSSR count). The highest BCUT2D eigenvalue weighted by Crippen LogP contribution is 2.51. The molecule has 0 radical (unpaired) electrons. The second-order valence-corrected chi connectivity index (χ2v) is 30.6. The molecule has 1 unspecified atom stereocenters. The summed E-state index contributed by atoms with van der Waals surface area (Å²) in [5, 5.41) is 0. The molecule has 0 aromatic heterocycles. The molecule has 1 atom stereocenters. The van der Waals surface area contributed by atoms with Gasteiger partial charge in [0, 0.05) is 31.5 Å². The fourth-order valence-electron chi connectivity index (χ4n) is 7.10. The number of hydrogen-bond donors (Lipinski definition) is 0. The molecule has 0 N–H and O–H groups in total. The molecule has 0 heterocycles. The fraction of sp³-hybridized carbons (Fsp3) is 1.00. The van der Waals surface area contributed by atoms with Crippen LogP contribution in [0.4, 0.5) is 0 Å². The van der Waals surface area contributed by atoms with Gasteiger partial charge in [0.15, 0.2) is 0 Å². The van der Waals surface area contributed by atoms with Gasteiger partial charge in [0.25, 0.3) is 0 Å². The van der Waals surface area contributed by atoms with Gasteiger partial charge in [-0.2, -0.15) is 0 Å². The maximum atomic E-state index is 7.94. The van der Waals surface area contributed by atoms with Gasteiger partial charge in [-0.15, -0.1) is 0 Å². The first-order chi connectivity index (χ1) is 38.6. The van der Waals surface area contributed by atoms with E-state index in [0.29, 0.717) is 21.7 Å². The molecule has 0 spiro atoms. The Labute approximate surface area is 479 Å². The summed E-state index contributed by atoms with van der Waals surface area (Å²) >= 11 is 0. The second-order valence-electron chi connectivity index (χ2n) is 30.6. The third-order valence-electron chi connectivity index (χ3n) is 13.3. The van der Waals surface area contributed by atoms with Gasteiger partial charge >= 0.3 is 0 Å². The molecule has 0 aromatic carbocycles.